The maximum atomic E-state index is 9.76. The van der Waals surface area contributed by atoms with Gasteiger partial charge in [-0.1, -0.05) is 43.9 Å². The van der Waals surface area contributed by atoms with E-state index < -0.39 is 7.12 Å². The van der Waals surface area contributed by atoms with Gasteiger partial charge in [0, 0.05) is 0 Å². The fraction of sp³-hybridized carbons (Fsp3) is 0.545. The van der Waals surface area contributed by atoms with E-state index in [4.69, 9.17) is 9.47 Å². The van der Waals surface area contributed by atoms with Crippen molar-refractivity contribution in [3.63, 3.8) is 0 Å². The zero-order valence-electron chi connectivity index (χ0n) is 16.6. The summed E-state index contributed by atoms with van der Waals surface area (Å²) in [5.74, 6) is 0.971. The summed E-state index contributed by atoms with van der Waals surface area (Å²) < 4.78 is 11.6. The van der Waals surface area contributed by atoms with Gasteiger partial charge in [0.25, 0.3) is 0 Å². The highest BCUT2D eigenvalue weighted by molar-refractivity contribution is 6.60. The molecule has 0 heterocycles. The minimum absolute atomic E-state index is 0.316. The minimum Gasteiger partial charge on any atom is -0.494 e. The van der Waals surface area contributed by atoms with Crippen LogP contribution in [0.15, 0.2) is 43.5 Å². The van der Waals surface area contributed by atoms with Crippen molar-refractivity contribution >= 4 is 12.6 Å². The molecule has 0 fully saturated rings. The molecule has 0 atom stereocenters. The van der Waals surface area contributed by atoms with Crippen molar-refractivity contribution < 1.29 is 19.5 Å². The molecule has 4 nitrogen and oxygen atoms in total. The third-order valence-corrected chi connectivity index (χ3v) is 4.40. The predicted molar refractivity (Wildman–Crippen MR) is 114 cm³/mol. The van der Waals surface area contributed by atoms with Crippen molar-refractivity contribution in [2.75, 3.05) is 13.2 Å². The Bertz CT molecular complexity index is 491. The number of hydrogen-bond donors (Lipinski definition) is 2. The predicted octanol–water partition coefficient (Wildman–Crippen LogP) is 4.40. The Labute approximate surface area is 165 Å². The first-order chi connectivity index (χ1) is 13.2. The van der Waals surface area contributed by atoms with Crippen LogP contribution in [0.3, 0.4) is 0 Å². The van der Waals surface area contributed by atoms with E-state index in [1.54, 1.807) is 12.1 Å². The Morgan fingerprint density at radius 3 is 1.59 bits per heavy atom. The van der Waals surface area contributed by atoms with Crippen LogP contribution < -0.4 is 14.9 Å². The first kappa shape index (κ1) is 23.3. The molecule has 0 unspecified atom stereocenters. The van der Waals surface area contributed by atoms with Gasteiger partial charge in [0.15, 0.2) is 0 Å². The molecule has 27 heavy (non-hydrogen) atoms. The van der Waals surface area contributed by atoms with E-state index in [1.807, 2.05) is 18.2 Å². The standard InChI is InChI=1S/C22H35BO4/c1-3-5-7-9-11-13-18-26-20-16-15-17-21(22(20)23(24)25)27-19-14-12-10-8-6-4-2/h3-4,15-17,24-25H,1-2,5-14,18-19H2. The fourth-order valence-electron chi connectivity index (χ4n) is 2.88. The van der Waals surface area contributed by atoms with Crippen molar-refractivity contribution in [1.29, 1.82) is 0 Å². The smallest absolute Gasteiger partial charge is 0.494 e. The molecule has 5 heteroatoms. The van der Waals surface area contributed by atoms with Crippen molar-refractivity contribution in [3.05, 3.63) is 43.5 Å². The molecule has 1 aromatic rings. The van der Waals surface area contributed by atoms with Crippen LogP contribution in [-0.2, 0) is 0 Å². The van der Waals surface area contributed by atoms with Gasteiger partial charge in [0.05, 0.1) is 18.7 Å². The Morgan fingerprint density at radius 1 is 0.741 bits per heavy atom. The third kappa shape index (κ3) is 10.3. The summed E-state index contributed by atoms with van der Waals surface area (Å²) in [6.45, 7) is 8.56. The molecular weight excluding hydrogens is 339 g/mol. The van der Waals surface area contributed by atoms with E-state index in [0.717, 1.165) is 64.2 Å². The molecule has 2 N–H and O–H groups in total. The van der Waals surface area contributed by atoms with Crippen LogP contribution in [0.2, 0.25) is 0 Å². The molecule has 0 aromatic heterocycles. The van der Waals surface area contributed by atoms with Crippen LogP contribution in [0.1, 0.15) is 64.2 Å². The largest absolute Gasteiger partial charge is 0.496 e. The van der Waals surface area contributed by atoms with Gasteiger partial charge >= 0.3 is 7.12 Å². The van der Waals surface area contributed by atoms with Gasteiger partial charge in [0.1, 0.15) is 11.5 Å². The summed E-state index contributed by atoms with van der Waals surface area (Å²) >= 11 is 0. The summed E-state index contributed by atoms with van der Waals surface area (Å²) in [4.78, 5) is 0. The van der Waals surface area contributed by atoms with E-state index in [0.29, 0.717) is 30.2 Å². The molecule has 1 aromatic carbocycles. The monoisotopic (exact) mass is 374 g/mol. The fourth-order valence-corrected chi connectivity index (χ4v) is 2.88. The minimum atomic E-state index is -1.61. The molecule has 0 aliphatic rings. The molecule has 1 rings (SSSR count). The average Bonchev–Trinajstić information content (AvgIpc) is 2.66. The van der Waals surface area contributed by atoms with Gasteiger partial charge in [-0.2, -0.15) is 0 Å². The van der Waals surface area contributed by atoms with Crippen molar-refractivity contribution in [1.82, 2.24) is 0 Å². The lowest BCUT2D eigenvalue weighted by atomic mass is 9.78. The zero-order valence-corrected chi connectivity index (χ0v) is 16.6. The van der Waals surface area contributed by atoms with Crippen LogP contribution in [0.5, 0.6) is 11.5 Å². The molecule has 0 radical (unpaired) electrons. The number of hydrogen-bond acceptors (Lipinski definition) is 4. The molecule has 150 valence electrons. The number of rotatable bonds is 17. The maximum absolute atomic E-state index is 9.76. The maximum Gasteiger partial charge on any atom is 0.496 e. The topological polar surface area (TPSA) is 58.9 Å². The number of allylic oxidation sites excluding steroid dienone is 2. The first-order valence-electron chi connectivity index (χ1n) is 10.2. The summed E-state index contributed by atoms with van der Waals surface area (Å²) in [6, 6.07) is 5.34. The van der Waals surface area contributed by atoms with Crippen LogP contribution in [0, 0.1) is 0 Å². The highest BCUT2D eigenvalue weighted by Crippen LogP contribution is 2.19. The van der Waals surface area contributed by atoms with Crippen LogP contribution in [0.4, 0.5) is 0 Å². The highest BCUT2D eigenvalue weighted by atomic mass is 16.5. The Morgan fingerprint density at radius 2 is 1.19 bits per heavy atom. The summed E-state index contributed by atoms with van der Waals surface area (Å²) in [5.41, 5.74) is 0.316. The van der Waals surface area contributed by atoms with E-state index in [9.17, 15) is 10.0 Å². The van der Waals surface area contributed by atoms with Gasteiger partial charge in [-0.05, 0) is 50.7 Å². The molecular formula is C22H35BO4. The van der Waals surface area contributed by atoms with Gasteiger partial charge in [-0.15, -0.1) is 13.2 Å². The summed E-state index contributed by atoms with van der Waals surface area (Å²) in [7, 11) is -1.61. The van der Waals surface area contributed by atoms with E-state index in [1.165, 1.54) is 0 Å². The van der Waals surface area contributed by atoms with Crippen molar-refractivity contribution in [2.45, 2.75) is 64.2 Å². The second kappa shape index (κ2) is 15.4. The average molecular weight is 374 g/mol. The van der Waals surface area contributed by atoms with E-state index in [2.05, 4.69) is 13.2 Å². The van der Waals surface area contributed by atoms with Gasteiger partial charge in [-0.3, -0.25) is 0 Å². The van der Waals surface area contributed by atoms with Gasteiger partial charge in [0.2, 0.25) is 0 Å². The quantitative estimate of drug-likeness (QED) is 0.241. The summed E-state index contributed by atoms with van der Waals surface area (Å²) in [6.07, 6.45) is 14.7. The third-order valence-electron chi connectivity index (χ3n) is 4.40. The summed E-state index contributed by atoms with van der Waals surface area (Å²) in [5, 5.41) is 19.5. The normalized spacial score (nSPS) is 10.4. The Kier molecular flexibility index (Phi) is 13.3. The number of benzene rings is 1. The van der Waals surface area contributed by atoms with E-state index >= 15 is 0 Å². The van der Waals surface area contributed by atoms with E-state index in [-0.39, 0.29) is 0 Å². The van der Waals surface area contributed by atoms with Crippen molar-refractivity contribution in [3.8, 4) is 11.5 Å². The van der Waals surface area contributed by atoms with Crippen molar-refractivity contribution in [2.24, 2.45) is 0 Å². The first-order valence-corrected chi connectivity index (χ1v) is 10.2. The lowest BCUT2D eigenvalue weighted by molar-refractivity contribution is 0.291. The van der Waals surface area contributed by atoms with Gasteiger partial charge < -0.3 is 19.5 Å². The molecule has 0 saturated carbocycles. The Balaban J connectivity index is 2.43. The van der Waals surface area contributed by atoms with Crippen LogP contribution in [-0.4, -0.2) is 30.4 Å². The SMILES string of the molecule is C=CCCCCCCOc1cccc(OCCCCCCC=C)c1B(O)O. The van der Waals surface area contributed by atoms with Crippen LogP contribution >= 0.6 is 0 Å². The molecule has 0 saturated heterocycles. The number of unbranched alkanes of at least 4 members (excludes halogenated alkanes) is 8. The molecule has 0 bridgehead atoms. The second-order valence-electron chi connectivity index (χ2n) is 6.72. The highest BCUT2D eigenvalue weighted by Gasteiger charge is 2.22. The zero-order chi connectivity index (χ0) is 19.7. The lowest BCUT2D eigenvalue weighted by Gasteiger charge is -2.16. The number of ether oxygens (including phenoxy) is 2. The van der Waals surface area contributed by atoms with Crippen LogP contribution in [0.25, 0.3) is 0 Å². The molecule has 0 spiro atoms. The Hall–Kier alpha value is -1.72. The molecule has 0 amide bonds. The molecule has 0 aliphatic heterocycles. The second-order valence-corrected chi connectivity index (χ2v) is 6.72. The van der Waals surface area contributed by atoms with Gasteiger partial charge in [-0.25, -0.2) is 0 Å². The molecule has 0 aliphatic carbocycles. The lowest BCUT2D eigenvalue weighted by Crippen LogP contribution is -2.33.